The van der Waals surface area contributed by atoms with Crippen molar-refractivity contribution in [3.05, 3.63) is 0 Å². The van der Waals surface area contributed by atoms with Crippen molar-refractivity contribution in [1.82, 2.24) is 0 Å². The Labute approximate surface area is 85.2 Å². The Morgan fingerprint density at radius 2 is 2.13 bits per heavy atom. The maximum Gasteiger partial charge on any atom is 0.354 e. The van der Waals surface area contributed by atoms with Crippen LogP contribution in [-0.2, 0) is 14.3 Å². The van der Waals surface area contributed by atoms with E-state index in [9.17, 15) is 18.4 Å². The molecule has 6 heteroatoms. The number of rotatable bonds is 3. The van der Waals surface area contributed by atoms with E-state index in [2.05, 4.69) is 4.74 Å². The fourth-order valence-corrected chi connectivity index (χ4v) is 1.57. The Morgan fingerprint density at radius 3 is 2.33 bits per heavy atom. The van der Waals surface area contributed by atoms with E-state index >= 15 is 0 Å². The van der Waals surface area contributed by atoms with Gasteiger partial charge in [0.05, 0.1) is 5.92 Å². The van der Waals surface area contributed by atoms with Gasteiger partial charge in [-0.15, -0.1) is 0 Å². The van der Waals surface area contributed by atoms with Gasteiger partial charge in [0.2, 0.25) is 0 Å². The zero-order valence-corrected chi connectivity index (χ0v) is 8.37. The van der Waals surface area contributed by atoms with Gasteiger partial charge in [-0.1, -0.05) is 13.8 Å². The lowest BCUT2D eigenvalue weighted by Gasteiger charge is -2.21. The lowest BCUT2D eigenvalue weighted by Crippen LogP contribution is -2.45. The van der Waals surface area contributed by atoms with Crippen LogP contribution in [0.15, 0.2) is 0 Å². The van der Waals surface area contributed by atoms with Gasteiger partial charge in [-0.3, -0.25) is 4.79 Å². The number of alkyl halides is 2. The molecule has 0 amide bonds. The van der Waals surface area contributed by atoms with Crippen molar-refractivity contribution in [1.29, 1.82) is 0 Å². The van der Waals surface area contributed by atoms with Crippen LogP contribution in [0.1, 0.15) is 20.3 Å². The maximum atomic E-state index is 12.6. The molecule has 0 aromatic rings. The maximum absolute atomic E-state index is 12.6. The summed E-state index contributed by atoms with van der Waals surface area (Å²) < 4.78 is 29.6. The average molecular weight is 222 g/mol. The van der Waals surface area contributed by atoms with Crippen LogP contribution in [0, 0.1) is 11.8 Å². The first-order valence-corrected chi connectivity index (χ1v) is 4.55. The molecule has 0 radical (unpaired) electrons. The molecule has 4 nitrogen and oxygen atoms in total. The number of cyclic esters (lactones) is 1. The fourth-order valence-electron chi connectivity index (χ4n) is 1.57. The highest BCUT2D eigenvalue weighted by Crippen LogP contribution is 2.39. The summed E-state index contributed by atoms with van der Waals surface area (Å²) in [4.78, 5) is 21.9. The zero-order chi connectivity index (χ0) is 11.8. The van der Waals surface area contributed by atoms with Crippen LogP contribution in [0.4, 0.5) is 8.78 Å². The summed E-state index contributed by atoms with van der Waals surface area (Å²) in [5, 5.41) is 8.69. The van der Waals surface area contributed by atoms with E-state index in [1.165, 1.54) is 0 Å². The molecule has 0 bridgehead atoms. The molecule has 1 fully saturated rings. The number of carbonyl (C=O) groups excluding carboxylic acids is 1. The highest BCUT2D eigenvalue weighted by Gasteiger charge is 2.59. The van der Waals surface area contributed by atoms with Crippen molar-refractivity contribution in [2.45, 2.75) is 32.3 Å². The van der Waals surface area contributed by atoms with E-state index in [0.29, 0.717) is 0 Å². The molecule has 86 valence electrons. The van der Waals surface area contributed by atoms with E-state index < -0.39 is 36.3 Å². The second-order valence-corrected chi connectivity index (χ2v) is 3.97. The van der Waals surface area contributed by atoms with Gasteiger partial charge in [0, 0.05) is 6.42 Å². The summed E-state index contributed by atoms with van der Waals surface area (Å²) in [6, 6.07) is 0. The van der Waals surface area contributed by atoms with Crippen molar-refractivity contribution in [3.8, 4) is 0 Å². The summed E-state index contributed by atoms with van der Waals surface area (Å²) in [5.41, 5.74) is -2.65. The average Bonchev–Trinajstić information content (AvgIpc) is 2.44. The quantitative estimate of drug-likeness (QED) is 0.731. The SMILES string of the molecule is CC(C)C1CC(C(=O)O)(C(F)F)OC1=O. The molecule has 0 aromatic carbocycles. The molecule has 15 heavy (non-hydrogen) atoms. The molecule has 0 spiro atoms. The minimum absolute atomic E-state index is 0.211. The normalized spacial score (nSPS) is 31.1. The van der Waals surface area contributed by atoms with Crippen LogP contribution in [0.2, 0.25) is 0 Å². The van der Waals surface area contributed by atoms with Crippen molar-refractivity contribution >= 4 is 11.9 Å². The molecule has 1 aliphatic heterocycles. The third kappa shape index (κ3) is 1.80. The number of aliphatic carboxylic acids is 1. The minimum atomic E-state index is -3.21. The first-order chi connectivity index (χ1) is 6.81. The Hall–Kier alpha value is -1.20. The molecule has 1 N–H and O–H groups in total. The van der Waals surface area contributed by atoms with E-state index in [1.807, 2.05) is 0 Å². The molecular formula is C9H12F2O4. The van der Waals surface area contributed by atoms with Gasteiger partial charge in [0.25, 0.3) is 12.0 Å². The molecule has 1 saturated heterocycles. The summed E-state index contributed by atoms with van der Waals surface area (Å²) in [6.45, 7) is 3.32. The Bertz CT molecular complexity index is 290. The standard InChI is InChI=1S/C9H12F2O4/c1-4(2)5-3-9(7(10)11,8(13)14)15-6(5)12/h4-5,7H,3H2,1-2H3,(H,13,14). The van der Waals surface area contributed by atoms with Gasteiger partial charge in [0.15, 0.2) is 0 Å². The monoisotopic (exact) mass is 222 g/mol. The molecule has 0 aliphatic carbocycles. The number of hydrogen-bond donors (Lipinski definition) is 1. The molecule has 2 atom stereocenters. The Morgan fingerprint density at radius 1 is 1.60 bits per heavy atom. The number of halogens is 2. The number of hydrogen-bond acceptors (Lipinski definition) is 3. The topological polar surface area (TPSA) is 63.6 Å². The van der Waals surface area contributed by atoms with Crippen molar-refractivity contribution in [2.75, 3.05) is 0 Å². The lowest BCUT2D eigenvalue weighted by atomic mass is 9.87. The summed E-state index contributed by atoms with van der Waals surface area (Å²) in [7, 11) is 0. The minimum Gasteiger partial charge on any atom is -0.478 e. The molecule has 1 aliphatic rings. The van der Waals surface area contributed by atoms with Crippen LogP contribution in [0.25, 0.3) is 0 Å². The Balaban J connectivity index is 2.98. The molecule has 0 aromatic heterocycles. The second kappa shape index (κ2) is 3.75. The molecule has 2 unspecified atom stereocenters. The summed E-state index contributed by atoms with van der Waals surface area (Å²) in [5.74, 6) is -3.62. The van der Waals surface area contributed by atoms with Gasteiger partial charge in [-0.2, -0.15) is 0 Å². The van der Waals surface area contributed by atoms with E-state index in [-0.39, 0.29) is 5.92 Å². The predicted molar refractivity (Wildman–Crippen MR) is 45.4 cm³/mol. The van der Waals surface area contributed by atoms with Gasteiger partial charge < -0.3 is 9.84 Å². The molecular weight excluding hydrogens is 210 g/mol. The first kappa shape index (κ1) is 11.9. The molecule has 0 saturated carbocycles. The van der Waals surface area contributed by atoms with Crippen molar-refractivity contribution < 1.29 is 28.2 Å². The summed E-state index contributed by atoms with van der Waals surface area (Å²) >= 11 is 0. The zero-order valence-electron chi connectivity index (χ0n) is 8.37. The number of carboxylic acid groups (broad SMARTS) is 1. The third-order valence-corrected chi connectivity index (χ3v) is 2.63. The lowest BCUT2D eigenvalue weighted by molar-refractivity contribution is -0.186. The predicted octanol–water partition coefficient (Wildman–Crippen LogP) is 1.29. The van der Waals surface area contributed by atoms with Crippen LogP contribution >= 0.6 is 0 Å². The van der Waals surface area contributed by atoms with Crippen LogP contribution in [0.5, 0.6) is 0 Å². The highest BCUT2D eigenvalue weighted by molar-refractivity contribution is 5.87. The van der Waals surface area contributed by atoms with Crippen LogP contribution in [0.3, 0.4) is 0 Å². The van der Waals surface area contributed by atoms with Crippen molar-refractivity contribution in [2.24, 2.45) is 11.8 Å². The largest absolute Gasteiger partial charge is 0.478 e. The number of ether oxygens (including phenoxy) is 1. The second-order valence-electron chi connectivity index (χ2n) is 3.97. The smallest absolute Gasteiger partial charge is 0.354 e. The van der Waals surface area contributed by atoms with E-state index in [1.54, 1.807) is 13.8 Å². The first-order valence-electron chi connectivity index (χ1n) is 4.55. The van der Waals surface area contributed by atoms with Gasteiger partial charge >= 0.3 is 11.9 Å². The van der Waals surface area contributed by atoms with Crippen LogP contribution in [-0.4, -0.2) is 29.1 Å². The fraction of sp³-hybridized carbons (Fsp3) is 0.778. The van der Waals surface area contributed by atoms with Gasteiger partial charge in [-0.05, 0) is 5.92 Å². The number of esters is 1. The van der Waals surface area contributed by atoms with E-state index in [0.717, 1.165) is 0 Å². The van der Waals surface area contributed by atoms with Crippen molar-refractivity contribution in [3.63, 3.8) is 0 Å². The Kier molecular flexibility index (Phi) is 2.97. The third-order valence-electron chi connectivity index (χ3n) is 2.63. The van der Waals surface area contributed by atoms with Crippen LogP contribution < -0.4 is 0 Å². The van der Waals surface area contributed by atoms with Gasteiger partial charge in [0.1, 0.15) is 0 Å². The molecule has 1 rings (SSSR count). The highest BCUT2D eigenvalue weighted by atomic mass is 19.3. The number of carboxylic acids is 1. The number of carbonyl (C=O) groups is 2. The van der Waals surface area contributed by atoms with Gasteiger partial charge in [-0.25, -0.2) is 13.6 Å². The summed E-state index contributed by atoms with van der Waals surface area (Å²) in [6.07, 6.45) is -3.67. The van der Waals surface area contributed by atoms with E-state index in [4.69, 9.17) is 5.11 Å². The molecule has 1 heterocycles.